The van der Waals surface area contributed by atoms with Gasteiger partial charge in [0.1, 0.15) is 5.75 Å². The Labute approximate surface area is 107 Å². The molecule has 0 radical (unpaired) electrons. The summed E-state index contributed by atoms with van der Waals surface area (Å²) in [7, 11) is 0. The van der Waals surface area contributed by atoms with Gasteiger partial charge in [0.2, 0.25) is 0 Å². The molecule has 0 saturated heterocycles. The lowest BCUT2D eigenvalue weighted by atomic mass is 10.2. The quantitative estimate of drug-likeness (QED) is 0.873. The summed E-state index contributed by atoms with van der Waals surface area (Å²) < 4.78 is 7.35. The molecule has 0 saturated carbocycles. The summed E-state index contributed by atoms with van der Waals surface area (Å²) in [6, 6.07) is 7.76. The van der Waals surface area contributed by atoms with Gasteiger partial charge in [0.05, 0.1) is 24.2 Å². The number of rotatable bonds is 5. The Bertz CT molecular complexity index is 490. The number of aromatic nitrogens is 3. The van der Waals surface area contributed by atoms with Crippen molar-refractivity contribution in [3.63, 3.8) is 0 Å². The maximum atomic E-state index is 5.63. The fraction of sp³-hybridized carbons (Fsp3) is 0.385. The van der Waals surface area contributed by atoms with Gasteiger partial charge >= 0.3 is 0 Å². The predicted octanol–water partition coefficient (Wildman–Crippen LogP) is 1.76. The average Bonchev–Trinajstić information content (AvgIpc) is 2.85. The molecule has 5 nitrogen and oxygen atoms in total. The Balaban J connectivity index is 2.12. The monoisotopic (exact) mass is 246 g/mol. The molecule has 18 heavy (non-hydrogen) atoms. The van der Waals surface area contributed by atoms with Crippen molar-refractivity contribution >= 4 is 0 Å². The third-order valence-electron chi connectivity index (χ3n) is 2.49. The highest BCUT2D eigenvalue weighted by atomic mass is 16.5. The van der Waals surface area contributed by atoms with Gasteiger partial charge in [-0.2, -0.15) is 0 Å². The van der Waals surface area contributed by atoms with Crippen molar-refractivity contribution in [3.8, 4) is 11.4 Å². The number of benzene rings is 1. The average molecular weight is 246 g/mol. The summed E-state index contributed by atoms with van der Waals surface area (Å²) in [5.74, 6) is 1.38. The molecule has 0 amide bonds. The van der Waals surface area contributed by atoms with Gasteiger partial charge < -0.3 is 10.5 Å². The Morgan fingerprint density at radius 1 is 1.28 bits per heavy atom. The van der Waals surface area contributed by atoms with Gasteiger partial charge in [0.25, 0.3) is 0 Å². The molecule has 1 heterocycles. The van der Waals surface area contributed by atoms with E-state index in [1.807, 2.05) is 24.3 Å². The van der Waals surface area contributed by atoms with E-state index in [-0.39, 0.29) is 0 Å². The Hall–Kier alpha value is -1.88. The smallest absolute Gasteiger partial charge is 0.119 e. The molecule has 5 heteroatoms. The second kappa shape index (κ2) is 5.64. The van der Waals surface area contributed by atoms with Crippen LogP contribution < -0.4 is 10.5 Å². The molecule has 0 bridgehead atoms. The Kier molecular flexibility index (Phi) is 3.94. The van der Waals surface area contributed by atoms with Crippen LogP contribution in [0.5, 0.6) is 5.75 Å². The third kappa shape index (κ3) is 2.87. The van der Waals surface area contributed by atoms with Crippen LogP contribution in [0.3, 0.4) is 0 Å². The van der Waals surface area contributed by atoms with Crippen molar-refractivity contribution in [1.29, 1.82) is 0 Å². The van der Waals surface area contributed by atoms with Crippen molar-refractivity contribution in [2.24, 2.45) is 11.7 Å². The molecule has 0 fully saturated rings. The highest BCUT2D eigenvalue weighted by Crippen LogP contribution is 2.16. The van der Waals surface area contributed by atoms with Crippen molar-refractivity contribution in [2.45, 2.75) is 20.4 Å². The molecule has 0 aliphatic carbocycles. The van der Waals surface area contributed by atoms with Crippen molar-refractivity contribution in [3.05, 3.63) is 36.2 Å². The summed E-state index contributed by atoms with van der Waals surface area (Å²) >= 11 is 0. The second-order valence-electron chi connectivity index (χ2n) is 4.54. The first-order chi connectivity index (χ1) is 8.70. The number of ether oxygens (including phenoxy) is 1. The molecule has 0 atom stereocenters. The molecule has 1 aromatic carbocycles. The van der Waals surface area contributed by atoms with E-state index in [2.05, 4.69) is 24.2 Å². The van der Waals surface area contributed by atoms with Gasteiger partial charge in [-0.15, -0.1) is 5.10 Å². The minimum Gasteiger partial charge on any atom is -0.493 e. The van der Waals surface area contributed by atoms with Crippen LogP contribution in [0.25, 0.3) is 5.69 Å². The number of nitrogens with two attached hydrogens (primary N) is 1. The van der Waals surface area contributed by atoms with E-state index in [0.29, 0.717) is 12.5 Å². The van der Waals surface area contributed by atoms with Gasteiger partial charge in [-0.1, -0.05) is 19.1 Å². The number of hydrogen-bond donors (Lipinski definition) is 1. The van der Waals surface area contributed by atoms with Gasteiger partial charge in [0, 0.05) is 6.54 Å². The van der Waals surface area contributed by atoms with Gasteiger partial charge in [-0.3, -0.25) is 0 Å². The van der Waals surface area contributed by atoms with Crippen LogP contribution in [-0.2, 0) is 6.54 Å². The van der Waals surface area contributed by atoms with E-state index >= 15 is 0 Å². The minimum atomic E-state index is 0.415. The van der Waals surface area contributed by atoms with Crippen LogP contribution in [-0.4, -0.2) is 21.6 Å². The first kappa shape index (κ1) is 12.6. The van der Waals surface area contributed by atoms with E-state index in [9.17, 15) is 0 Å². The summed E-state index contributed by atoms with van der Waals surface area (Å²) in [6.07, 6.45) is 1.67. The van der Waals surface area contributed by atoms with E-state index in [1.54, 1.807) is 10.9 Å². The zero-order valence-electron chi connectivity index (χ0n) is 10.7. The predicted molar refractivity (Wildman–Crippen MR) is 69.6 cm³/mol. The molecule has 1 aromatic heterocycles. The standard InChI is InChI=1S/C13H18N4O/c1-10(2)9-18-13-5-3-11(4-6-13)17-12(7-14)8-15-16-17/h3-6,8,10H,7,9,14H2,1-2H3. The molecule has 0 spiro atoms. The maximum absolute atomic E-state index is 5.63. The van der Waals surface area contributed by atoms with Gasteiger partial charge in [-0.25, -0.2) is 4.68 Å². The number of hydrogen-bond acceptors (Lipinski definition) is 4. The highest BCUT2D eigenvalue weighted by Gasteiger charge is 2.04. The van der Waals surface area contributed by atoms with Crippen LogP contribution in [0.15, 0.2) is 30.5 Å². The van der Waals surface area contributed by atoms with E-state index in [1.165, 1.54) is 0 Å². The lowest BCUT2D eigenvalue weighted by molar-refractivity contribution is 0.271. The van der Waals surface area contributed by atoms with Crippen LogP contribution in [0.2, 0.25) is 0 Å². The van der Waals surface area contributed by atoms with Crippen LogP contribution >= 0.6 is 0 Å². The van der Waals surface area contributed by atoms with Crippen LogP contribution in [0.1, 0.15) is 19.5 Å². The Morgan fingerprint density at radius 2 is 2.00 bits per heavy atom. The van der Waals surface area contributed by atoms with Crippen LogP contribution in [0, 0.1) is 5.92 Å². The van der Waals surface area contributed by atoms with E-state index in [4.69, 9.17) is 10.5 Å². The fourth-order valence-corrected chi connectivity index (χ4v) is 1.56. The molecule has 0 unspecified atom stereocenters. The third-order valence-corrected chi connectivity index (χ3v) is 2.49. The summed E-state index contributed by atoms with van der Waals surface area (Å²) in [5, 5.41) is 7.86. The zero-order valence-corrected chi connectivity index (χ0v) is 10.7. The summed E-state index contributed by atoms with van der Waals surface area (Å²) in [6.45, 7) is 5.38. The summed E-state index contributed by atoms with van der Waals surface area (Å²) in [5.41, 5.74) is 7.43. The normalized spacial score (nSPS) is 10.9. The summed E-state index contributed by atoms with van der Waals surface area (Å²) in [4.78, 5) is 0. The molecule has 0 aliphatic heterocycles. The molecule has 2 aromatic rings. The van der Waals surface area contributed by atoms with Gasteiger partial charge in [-0.05, 0) is 30.2 Å². The number of nitrogens with zero attached hydrogens (tertiary/aromatic N) is 3. The van der Waals surface area contributed by atoms with Crippen molar-refractivity contribution in [2.75, 3.05) is 6.61 Å². The Morgan fingerprint density at radius 3 is 2.61 bits per heavy atom. The molecule has 0 aliphatic rings. The maximum Gasteiger partial charge on any atom is 0.119 e. The van der Waals surface area contributed by atoms with Crippen LogP contribution in [0.4, 0.5) is 0 Å². The lowest BCUT2D eigenvalue weighted by Gasteiger charge is -2.09. The van der Waals surface area contributed by atoms with Gasteiger partial charge in [0.15, 0.2) is 0 Å². The lowest BCUT2D eigenvalue weighted by Crippen LogP contribution is -2.07. The first-order valence-corrected chi connectivity index (χ1v) is 6.03. The van der Waals surface area contributed by atoms with Crippen molar-refractivity contribution < 1.29 is 4.74 Å². The first-order valence-electron chi connectivity index (χ1n) is 6.03. The second-order valence-corrected chi connectivity index (χ2v) is 4.54. The molecule has 2 rings (SSSR count). The fourth-order valence-electron chi connectivity index (χ4n) is 1.56. The van der Waals surface area contributed by atoms with E-state index < -0.39 is 0 Å². The topological polar surface area (TPSA) is 66.0 Å². The van der Waals surface area contributed by atoms with E-state index in [0.717, 1.165) is 23.7 Å². The molecular weight excluding hydrogens is 228 g/mol. The minimum absolute atomic E-state index is 0.415. The largest absolute Gasteiger partial charge is 0.493 e. The molecular formula is C13H18N4O. The molecule has 2 N–H and O–H groups in total. The SMILES string of the molecule is CC(C)COc1ccc(-n2nncc2CN)cc1. The van der Waals surface area contributed by atoms with Crippen molar-refractivity contribution in [1.82, 2.24) is 15.0 Å². The molecule has 96 valence electrons. The highest BCUT2D eigenvalue weighted by molar-refractivity contribution is 5.37. The zero-order chi connectivity index (χ0) is 13.0.